The molecule has 1 aromatic carbocycles. The molecule has 0 aliphatic heterocycles. The zero-order valence-electron chi connectivity index (χ0n) is 9.88. The lowest BCUT2D eigenvalue weighted by Crippen LogP contribution is -2.28. The minimum absolute atomic E-state index is 0.459. The number of hydrogen-bond donors (Lipinski definition) is 2. The Hall–Kier alpha value is -2.14. The Balaban J connectivity index is 2.05. The van der Waals surface area contributed by atoms with Crippen LogP contribution in [0, 0.1) is 0 Å². The van der Waals surface area contributed by atoms with E-state index < -0.39 is 0 Å². The van der Waals surface area contributed by atoms with Crippen molar-refractivity contribution in [1.29, 1.82) is 0 Å². The molecule has 0 radical (unpaired) electrons. The predicted molar refractivity (Wildman–Crippen MR) is 76.5 cm³/mol. The number of furan rings is 1. The van der Waals surface area contributed by atoms with Gasteiger partial charge in [-0.15, -0.1) is 0 Å². The first-order valence-electron chi connectivity index (χ1n) is 5.45. The first-order chi connectivity index (χ1) is 8.79. The van der Waals surface area contributed by atoms with Crippen LogP contribution < -0.4 is 10.7 Å². The van der Waals surface area contributed by atoms with E-state index in [1.54, 1.807) is 13.3 Å². The molecule has 0 amide bonds. The predicted octanol–water partition coefficient (Wildman–Crippen LogP) is 2.37. The highest BCUT2D eigenvalue weighted by Gasteiger charge is 2.01. The summed E-state index contributed by atoms with van der Waals surface area (Å²) >= 11 is 4.89. The molecule has 2 aromatic rings. The minimum atomic E-state index is 0.459. The third-order valence-corrected chi connectivity index (χ3v) is 2.57. The molecule has 1 heterocycles. The van der Waals surface area contributed by atoms with E-state index in [9.17, 15) is 0 Å². The highest BCUT2D eigenvalue weighted by molar-refractivity contribution is 7.80. The van der Waals surface area contributed by atoms with Crippen molar-refractivity contribution in [1.82, 2.24) is 10.7 Å². The average Bonchev–Trinajstić information content (AvgIpc) is 2.88. The standard InChI is InChI=1S/C13H13N3OS/c1-14-13(18)16-15-9-11-7-8-12(17-11)10-5-3-2-4-6-10/h2-9H,1H3,(H2,14,16,18). The van der Waals surface area contributed by atoms with Crippen LogP contribution in [0.25, 0.3) is 11.3 Å². The molecule has 0 saturated carbocycles. The summed E-state index contributed by atoms with van der Waals surface area (Å²) in [6.45, 7) is 0. The fourth-order valence-electron chi connectivity index (χ4n) is 1.39. The van der Waals surface area contributed by atoms with Crippen LogP contribution in [0.2, 0.25) is 0 Å². The number of nitrogens with one attached hydrogen (secondary N) is 2. The fraction of sp³-hybridized carbons (Fsp3) is 0.0769. The van der Waals surface area contributed by atoms with Crippen molar-refractivity contribution in [3.8, 4) is 11.3 Å². The van der Waals surface area contributed by atoms with Crippen LogP contribution in [0.5, 0.6) is 0 Å². The Bertz CT molecular complexity index is 548. The fourth-order valence-corrected chi connectivity index (χ4v) is 1.44. The molecular weight excluding hydrogens is 246 g/mol. The van der Waals surface area contributed by atoms with Gasteiger partial charge in [-0.25, -0.2) is 0 Å². The zero-order valence-corrected chi connectivity index (χ0v) is 10.7. The van der Waals surface area contributed by atoms with Crippen molar-refractivity contribution < 1.29 is 4.42 Å². The smallest absolute Gasteiger partial charge is 0.186 e. The molecule has 0 aliphatic rings. The molecule has 92 valence electrons. The van der Waals surface area contributed by atoms with Crippen molar-refractivity contribution in [3.63, 3.8) is 0 Å². The first kappa shape index (κ1) is 12.3. The number of rotatable bonds is 3. The molecule has 1 aromatic heterocycles. The van der Waals surface area contributed by atoms with Gasteiger partial charge < -0.3 is 9.73 Å². The molecule has 2 N–H and O–H groups in total. The number of thiocarbonyl (C=S) groups is 1. The molecular formula is C13H13N3OS. The summed E-state index contributed by atoms with van der Waals surface area (Å²) in [7, 11) is 1.73. The van der Waals surface area contributed by atoms with E-state index in [4.69, 9.17) is 16.6 Å². The Kier molecular flexibility index (Phi) is 4.09. The van der Waals surface area contributed by atoms with Crippen molar-refractivity contribution in [2.45, 2.75) is 0 Å². The number of benzene rings is 1. The van der Waals surface area contributed by atoms with Crippen LogP contribution in [0.15, 0.2) is 52.0 Å². The second-order valence-corrected chi connectivity index (χ2v) is 3.93. The molecule has 0 bridgehead atoms. The lowest BCUT2D eigenvalue weighted by atomic mass is 10.2. The molecule has 0 atom stereocenters. The summed E-state index contributed by atoms with van der Waals surface area (Å²) in [6, 6.07) is 13.7. The van der Waals surface area contributed by atoms with Crippen molar-refractivity contribution >= 4 is 23.5 Å². The van der Waals surface area contributed by atoms with E-state index in [1.165, 1.54) is 0 Å². The molecule has 18 heavy (non-hydrogen) atoms. The van der Waals surface area contributed by atoms with Gasteiger partial charge in [-0.1, -0.05) is 30.3 Å². The quantitative estimate of drug-likeness (QED) is 0.505. The normalized spacial score (nSPS) is 10.5. The highest BCUT2D eigenvalue weighted by Crippen LogP contribution is 2.20. The third kappa shape index (κ3) is 3.18. The second-order valence-electron chi connectivity index (χ2n) is 3.52. The van der Waals surface area contributed by atoms with Crippen molar-refractivity contribution in [3.05, 3.63) is 48.2 Å². The van der Waals surface area contributed by atoms with Gasteiger partial charge in [0.1, 0.15) is 11.5 Å². The van der Waals surface area contributed by atoms with Gasteiger partial charge in [0.25, 0.3) is 0 Å². The van der Waals surface area contributed by atoms with Crippen LogP contribution in [0.4, 0.5) is 0 Å². The average molecular weight is 259 g/mol. The van der Waals surface area contributed by atoms with Gasteiger partial charge in [0, 0.05) is 12.6 Å². The number of hydrogen-bond acceptors (Lipinski definition) is 3. The van der Waals surface area contributed by atoms with Gasteiger partial charge in [-0.05, 0) is 24.4 Å². The maximum atomic E-state index is 5.63. The first-order valence-corrected chi connectivity index (χ1v) is 5.86. The molecule has 0 aliphatic carbocycles. The van der Waals surface area contributed by atoms with E-state index in [1.807, 2.05) is 42.5 Å². The Labute approximate surface area is 111 Å². The van der Waals surface area contributed by atoms with Gasteiger partial charge in [-0.3, -0.25) is 5.43 Å². The second kappa shape index (κ2) is 5.97. The summed E-state index contributed by atoms with van der Waals surface area (Å²) in [6.07, 6.45) is 1.58. The van der Waals surface area contributed by atoms with Crippen molar-refractivity contribution in [2.75, 3.05) is 7.05 Å². The van der Waals surface area contributed by atoms with E-state index in [2.05, 4.69) is 15.8 Å². The maximum absolute atomic E-state index is 5.63. The lowest BCUT2D eigenvalue weighted by Gasteiger charge is -1.98. The van der Waals surface area contributed by atoms with Gasteiger partial charge in [-0.2, -0.15) is 5.10 Å². The van der Waals surface area contributed by atoms with Crippen LogP contribution in [-0.2, 0) is 0 Å². The SMILES string of the molecule is CNC(=S)NN=Cc1ccc(-c2ccccc2)o1. The van der Waals surface area contributed by atoms with Crippen molar-refractivity contribution in [2.24, 2.45) is 5.10 Å². The molecule has 4 nitrogen and oxygen atoms in total. The molecule has 0 saturated heterocycles. The maximum Gasteiger partial charge on any atom is 0.186 e. The monoisotopic (exact) mass is 259 g/mol. The molecule has 5 heteroatoms. The summed E-state index contributed by atoms with van der Waals surface area (Å²) in [5.74, 6) is 1.48. The highest BCUT2D eigenvalue weighted by atomic mass is 32.1. The van der Waals surface area contributed by atoms with Crippen LogP contribution in [0.3, 0.4) is 0 Å². The summed E-state index contributed by atoms with van der Waals surface area (Å²) in [5, 5.41) is 7.16. The van der Waals surface area contributed by atoms with E-state index in [-0.39, 0.29) is 0 Å². The van der Waals surface area contributed by atoms with Crippen LogP contribution in [-0.4, -0.2) is 18.4 Å². The van der Waals surface area contributed by atoms with E-state index in [0.29, 0.717) is 10.9 Å². The Morgan fingerprint density at radius 1 is 1.22 bits per heavy atom. The summed E-state index contributed by atoms with van der Waals surface area (Å²) in [5.41, 5.74) is 3.70. The van der Waals surface area contributed by atoms with Gasteiger partial charge in [0.05, 0.1) is 6.21 Å². The molecule has 0 fully saturated rings. The molecule has 2 rings (SSSR count). The zero-order chi connectivity index (χ0) is 12.8. The largest absolute Gasteiger partial charge is 0.455 e. The van der Waals surface area contributed by atoms with E-state index in [0.717, 1.165) is 11.3 Å². The number of hydrazone groups is 1. The van der Waals surface area contributed by atoms with Gasteiger partial charge >= 0.3 is 0 Å². The molecule has 0 unspecified atom stereocenters. The van der Waals surface area contributed by atoms with Crippen LogP contribution >= 0.6 is 12.2 Å². The Morgan fingerprint density at radius 2 is 2.00 bits per heavy atom. The Morgan fingerprint density at radius 3 is 2.72 bits per heavy atom. The lowest BCUT2D eigenvalue weighted by molar-refractivity contribution is 0.574. The van der Waals surface area contributed by atoms with Crippen LogP contribution in [0.1, 0.15) is 5.76 Å². The minimum Gasteiger partial charge on any atom is -0.455 e. The number of nitrogens with zero attached hydrogens (tertiary/aromatic N) is 1. The molecule has 0 spiro atoms. The topological polar surface area (TPSA) is 49.6 Å². The van der Waals surface area contributed by atoms with Gasteiger partial charge in [0.2, 0.25) is 0 Å². The van der Waals surface area contributed by atoms with Gasteiger partial charge in [0.15, 0.2) is 5.11 Å². The third-order valence-electron chi connectivity index (χ3n) is 2.27. The van der Waals surface area contributed by atoms with E-state index >= 15 is 0 Å². The summed E-state index contributed by atoms with van der Waals surface area (Å²) in [4.78, 5) is 0. The summed E-state index contributed by atoms with van der Waals surface area (Å²) < 4.78 is 5.63.